The molecule has 0 bridgehead atoms. The monoisotopic (exact) mass is 336 g/mol. The Kier molecular flexibility index (Phi) is 7.75. The maximum Gasteiger partial charge on any atom is 0.310 e. The summed E-state index contributed by atoms with van der Waals surface area (Å²) in [6.45, 7) is 10.4. The van der Waals surface area contributed by atoms with Gasteiger partial charge in [0.15, 0.2) is 0 Å². The summed E-state index contributed by atoms with van der Waals surface area (Å²) in [5.74, 6) is -0.155. The topological polar surface area (TPSA) is 72.8 Å². The molecule has 0 heterocycles. The van der Waals surface area contributed by atoms with E-state index in [0.717, 1.165) is 5.56 Å². The Labute approximate surface area is 144 Å². The molecule has 134 valence electrons. The third-order valence-corrected chi connectivity index (χ3v) is 3.36. The lowest BCUT2D eigenvalue weighted by Crippen LogP contribution is -2.14. The minimum Gasteiger partial charge on any atom is -0.508 e. The Morgan fingerprint density at radius 3 is 1.83 bits per heavy atom. The van der Waals surface area contributed by atoms with Crippen molar-refractivity contribution in [3.63, 3.8) is 0 Å². The van der Waals surface area contributed by atoms with Crippen LogP contribution in [0.4, 0.5) is 0 Å². The molecule has 0 spiro atoms. The summed E-state index contributed by atoms with van der Waals surface area (Å²) in [5.41, 5.74) is 2.03. The van der Waals surface area contributed by atoms with Crippen LogP contribution in [0.1, 0.15) is 44.4 Å². The Hall–Kier alpha value is -2.04. The molecule has 5 nitrogen and oxygen atoms in total. The van der Waals surface area contributed by atoms with Gasteiger partial charge in [0.2, 0.25) is 0 Å². The molecule has 0 unspecified atom stereocenters. The molecule has 0 fully saturated rings. The molecular formula is C19H28O5. The van der Waals surface area contributed by atoms with Gasteiger partial charge in [0, 0.05) is 5.56 Å². The van der Waals surface area contributed by atoms with Crippen molar-refractivity contribution >= 4 is 11.9 Å². The number of hydrogen-bond donors (Lipinski definition) is 1. The number of carbonyl (C=O) groups is 2. The van der Waals surface area contributed by atoms with E-state index in [1.54, 1.807) is 6.07 Å². The molecule has 0 aliphatic carbocycles. The van der Waals surface area contributed by atoms with Crippen molar-refractivity contribution < 1.29 is 24.2 Å². The van der Waals surface area contributed by atoms with E-state index in [2.05, 4.69) is 0 Å². The maximum atomic E-state index is 11.8. The molecule has 0 aromatic heterocycles. The second kappa shape index (κ2) is 9.30. The van der Waals surface area contributed by atoms with Crippen LogP contribution in [0.15, 0.2) is 12.1 Å². The van der Waals surface area contributed by atoms with E-state index in [0.29, 0.717) is 24.3 Å². The van der Waals surface area contributed by atoms with Crippen molar-refractivity contribution in [2.45, 2.75) is 47.5 Å². The lowest BCUT2D eigenvalue weighted by molar-refractivity contribution is -0.144. The van der Waals surface area contributed by atoms with Crippen LogP contribution in [0.3, 0.4) is 0 Å². The number of hydrogen-bond acceptors (Lipinski definition) is 5. The highest BCUT2D eigenvalue weighted by Crippen LogP contribution is 2.24. The van der Waals surface area contributed by atoms with Gasteiger partial charge in [-0.3, -0.25) is 9.59 Å². The van der Waals surface area contributed by atoms with Crippen LogP contribution >= 0.6 is 0 Å². The SMILES string of the molecule is Cc1cc(CC(=O)OCC(C)C)c(O)cc1CC(=O)OCC(C)C. The standard InChI is InChI=1S/C19H28O5/c1-12(2)10-23-18(21)8-15-7-17(20)16(6-14(15)5)9-19(22)24-11-13(3)4/h6-7,12-13,20H,8-11H2,1-5H3. The number of aromatic hydroxyl groups is 1. The second-order valence-corrected chi connectivity index (χ2v) is 6.91. The molecule has 0 aliphatic heterocycles. The summed E-state index contributed by atoms with van der Waals surface area (Å²) in [6, 6.07) is 3.24. The minimum absolute atomic E-state index is 0.00578. The molecule has 0 saturated carbocycles. The lowest BCUT2D eigenvalue weighted by Gasteiger charge is -2.12. The van der Waals surface area contributed by atoms with Gasteiger partial charge in [-0.2, -0.15) is 0 Å². The van der Waals surface area contributed by atoms with Crippen LogP contribution in [0, 0.1) is 18.8 Å². The zero-order valence-electron chi connectivity index (χ0n) is 15.2. The van der Waals surface area contributed by atoms with Gasteiger partial charge in [-0.1, -0.05) is 33.8 Å². The van der Waals surface area contributed by atoms with E-state index in [4.69, 9.17) is 9.47 Å². The fourth-order valence-electron chi connectivity index (χ4n) is 2.06. The number of benzene rings is 1. The highest BCUT2D eigenvalue weighted by atomic mass is 16.5. The highest BCUT2D eigenvalue weighted by molar-refractivity contribution is 5.75. The molecule has 24 heavy (non-hydrogen) atoms. The van der Waals surface area contributed by atoms with E-state index in [1.807, 2.05) is 34.6 Å². The molecule has 0 atom stereocenters. The number of phenols is 1. The minimum atomic E-state index is -0.373. The van der Waals surface area contributed by atoms with E-state index < -0.39 is 0 Å². The first-order valence-corrected chi connectivity index (χ1v) is 8.31. The van der Waals surface area contributed by atoms with Crippen LogP contribution < -0.4 is 0 Å². The van der Waals surface area contributed by atoms with Gasteiger partial charge in [0.25, 0.3) is 0 Å². The third kappa shape index (κ3) is 7.02. The highest BCUT2D eigenvalue weighted by Gasteiger charge is 2.15. The van der Waals surface area contributed by atoms with Gasteiger partial charge in [-0.25, -0.2) is 0 Å². The molecule has 0 saturated heterocycles. The summed E-state index contributed by atoms with van der Waals surface area (Å²) in [5, 5.41) is 10.1. The van der Waals surface area contributed by atoms with Gasteiger partial charge in [-0.15, -0.1) is 0 Å². The van der Waals surface area contributed by atoms with Crippen LogP contribution in [0.2, 0.25) is 0 Å². The molecule has 1 aromatic carbocycles. The first-order chi connectivity index (χ1) is 11.2. The first kappa shape index (κ1) is 20.0. The van der Waals surface area contributed by atoms with Crippen LogP contribution in [0.25, 0.3) is 0 Å². The Morgan fingerprint density at radius 2 is 1.38 bits per heavy atom. The average Bonchev–Trinajstić information content (AvgIpc) is 2.48. The quantitative estimate of drug-likeness (QED) is 0.738. The molecular weight excluding hydrogens is 308 g/mol. The summed E-state index contributed by atoms with van der Waals surface area (Å²) in [6.07, 6.45) is 0.113. The van der Waals surface area contributed by atoms with E-state index in [1.165, 1.54) is 6.07 Å². The van der Waals surface area contributed by atoms with Gasteiger partial charge >= 0.3 is 11.9 Å². The summed E-state index contributed by atoms with van der Waals surface area (Å²) < 4.78 is 10.3. The largest absolute Gasteiger partial charge is 0.508 e. The molecule has 0 radical (unpaired) electrons. The van der Waals surface area contributed by atoms with Crippen molar-refractivity contribution in [2.24, 2.45) is 11.8 Å². The first-order valence-electron chi connectivity index (χ1n) is 8.31. The number of esters is 2. The lowest BCUT2D eigenvalue weighted by atomic mass is 10.00. The van der Waals surface area contributed by atoms with Gasteiger partial charge < -0.3 is 14.6 Å². The van der Waals surface area contributed by atoms with E-state index >= 15 is 0 Å². The molecule has 1 aromatic rings. The summed E-state index contributed by atoms with van der Waals surface area (Å²) in [7, 11) is 0. The zero-order chi connectivity index (χ0) is 18.3. The predicted octanol–water partition coefficient (Wildman–Crippen LogP) is 3.18. The van der Waals surface area contributed by atoms with Crippen LogP contribution in [0.5, 0.6) is 5.75 Å². The van der Waals surface area contributed by atoms with Gasteiger partial charge in [-0.05, 0) is 36.0 Å². The Bertz CT molecular complexity index is 524. The Morgan fingerprint density at radius 1 is 0.917 bits per heavy atom. The van der Waals surface area contributed by atoms with E-state index in [9.17, 15) is 14.7 Å². The van der Waals surface area contributed by atoms with Crippen molar-refractivity contribution in [3.8, 4) is 5.75 Å². The average molecular weight is 336 g/mol. The smallest absolute Gasteiger partial charge is 0.310 e. The predicted molar refractivity (Wildman–Crippen MR) is 91.8 cm³/mol. The summed E-state index contributed by atoms with van der Waals surface area (Å²) in [4.78, 5) is 23.6. The normalized spacial score (nSPS) is 11.0. The van der Waals surface area contributed by atoms with Crippen molar-refractivity contribution in [2.75, 3.05) is 13.2 Å². The fourth-order valence-corrected chi connectivity index (χ4v) is 2.06. The van der Waals surface area contributed by atoms with Crippen molar-refractivity contribution in [1.29, 1.82) is 0 Å². The molecule has 1 N–H and O–H groups in total. The number of aryl methyl sites for hydroxylation is 1. The number of ether oxygens (including phenoxy) is 2. The molecule has 0 amide bonds. The Balaban J connectivity index is 2.71. The number of carbonyl (C=O) groups excluding carboxylic acids is 2. The zero-order valence-corrected chi connectivity index (χ0v) is 15.2. The fraction of sp³-hybridized carbons (Fsp3) is 0.579. The number of phenolic OH excluding ortho intramolecular Hbond substituents is 1. The van der Waals surface area contributed by atoms with Gasteiger partial charge in [0.1, 0.15) is 5.75 Å². The second-order valence-electron chi connectivity index (χ2n) is 6.91. The van der Waals surface area contributed by atoms with Crippen molar-refractivity contribution in [3.05, 3.63) is 28.8 Å². The van der Waals surface area contributed by atoms with Crippen LogP contribution in [-0.2, 0) is 31.9 Å². The molecule has 0 aliphatic rings. The van der Waals surface area contributed by atoms with Gasteiger partial charge in [0.05, 0.1) is 26.1 Å². The summed E-state index contributed by atoms with van der Waals surface area (Å²) >= 11 is 0. The maximum absolute atomic E-state index is 11.8. The van der Waals surface area contributed by atoms with Crippen LogP contribution in [-0.4, -0.2) is 30.3 Å². The molecule has 1 rings (SSSR count). The van der Waals surface area contributed by atoms with Crippen molar-refractivity contribution in [1.82, 2.24) is 0 Å². The van der Waals surface area contributed by atoms with E-state index in [-0.39, 0.29) is 42.4 Å². The molecule has 5 heteroatoms. The third-order valence-electron chi connectivity index (χ3n) is 3.36. The number of rotatable bonds is 8.